The maximum Gasteiger partial charge on any atom is 0.244 e. The fourth-order valence-corrected chi connectivity index (χ4v) is 5.32. The zero-order chi connectivity index (χ0) is 24.7. The van der Waals surface area contributed by atoms with Gasteiger partial charge in [0.25, 0.3) is 0 Å². The highest BCUT2D eigenvalue weighted by Gasteiger charge is 2.33. The molecular formula is C26H35N3O4S. The van der Waals surface area contributed by atoms with Gasteiger partial charge in [-0.05, 0) is 49.4 Å². The maximum atomic E-state index is 13.7. The van der Waals surface area contributed by atoms with Gasteiger partial charge in [-0.2, -0.15) is 0 Å². The van der Waals surface area contributed by atoms with Crippen LogP contribution in [0.1, 0.15) is 50.2 Å². The van der Waals surface area contributed by atoms with E-state index in [9.17, 15) is 18.0 Å². The first-order valence-corrected chi connectivity index (χ1v) is 13.7. The molecule has 2 aromatic carbocycles. The van der Waals surface area contributed by atoms with Crippen LogP contribution in [0.15, 0.2) is 54.6 Å². The van der Waals surface area contributed by atoms with Crippen LogP contribution in [-0.4, -0.2) is 50.0 Å². The van der Waals surface area contributed by atoms with Crippen molar-refractivity contribution in [2.45, 2.75) is 64.6 Å². The quantitative estimate of drug-likeness (QED) is 0.557. The standard InChI is InChI=1S/C26H35N3O4S/c1-4-24(26(31)27-22-14-10-11-15-22)28(18-21-13-9-8-12-20(21)2)25(30)19-29(34(3,32)33)23-16-6-5-7-17-23/h5-9,12-13,16-17,22,24H,4,10-11,14-15,18-19H2,1-3H3,(H,27,31)/t24-/m1/s1. The van der Waals surface area contributed by atoms with Gasteiger partial charge in [-0.15, -0.1) is 0 Å². The lowest BCUT2D eigenvalue weighted by molar-refractivity contribution is -0.140. The molecule has 1 aliphatic carbocycles. The van der Waals surface area contributed by atoms with Crippen molar-refractivity contribution < 1.29 is 18.0 Å². The average Bonchev–Trinajstić information content (AvgIpc) is 3.31. The fraction of sp³-hybridized carbons (Fsp3) is 0.462. The maximum absolute atomic E-state index is 13.7. The first-order valence-electron chi connectivity index (χ1n) is 11.9. The molecule has 1 fully saturated rings. The molecule has 1 N–H and O–H groups in total. The van der Waals surface area contributed by atoms with E-state index >= 15 is 0 Å². The van der Waals surface area contributed by atoms with Crippen molar-refractivity contribution in [3.63, 3.8) is 0 Å². The second kappa shape index (κ2) is 11.5. The van der Waals surface area contributed by atoms with Gasteiger partial charge in [-0.3, -0.25) is 13.9 Å². The Morgan fingerprint density at radius 3 is 2.24 bits per heavy atom. The van der Waals surface area contributed by atoms with Gasteiger partial charge in [0, 0.05) is 12.6 Å². The predicted octanol–water partition coefficient (Wildman–Crippen LogP) is 3.63. The molecule has 1 saturated carbocycles. The molecule has 0 heterocycles. The van der Waals surface area contributed by atoms with Crippen LogP contribution in [0, 0.1) is 6.92 Å². The van der Waals surface area contributed by atoms with Gasteiger partial charge in [-0.1, -0.05) is 62.2 Å². The first-order chi connectivity index (χ1) is 16.2. The molecule has 2 amide bonds. The number of amides is 2. The summed E-state index contributed by atoms with van der Waals surface area (Å²) in [6.07, 6.45) is 5.60. The molecule has 7 nitrogen and oxygen atoms in total. The summed E-state index contributed by atoms with van der Waals surface area (Å²) in [6.45, 7) is 3.70. The van der Waals surface area contributed by atoms with Crippen LogP contribution in [0.25, 0.3) is 0 Å². The van der Waals surface area contributed by atoms with Gasteiger partial charge in [0.1, 0.15) is 12.6 Å². The second-order valence-electron chi connectivity index (χ2n) is 8.97. The van der Waals surface area contributed by atoms with Crippen LogP contribution in [0.3, 0.4) is 0 Å². The highest BCUT2D eigenvalue weighted by atomic mass is 32.2. The first kappa shape index (κ1) is 25.7. The number of nitrogens with zero attached hydrogens (tertiary/aromatic N) is 2. The summed E-state index contributed by atoms with van der Waals surface area (Å²) in [6, 6.07) is 15.7. The van der Waals surface area contributed by atoms with Crippen LogP contribution < -0.4 is 9.62 Å². The summed E-state index contributed by atoms with van der Waals surface area (Å²) in [4.78, 5) is 28.5. The van der Waals surface area contributed by atoms with E-state index < -0.39 is 22.0 Å². The van der Waals surface area contributed by atoms with E-state index in [1.165, 1.54) is 4.90 Å². The number of hydrogen-bond donors (Lipinski definition) is 1. The molecule has 0 spiro atoms. The number of sulfonamides is 1. The lowest BCUT2D eigenvalue weighted by Crippen LogP contribution is -2.53. The Labute approximate surface area is 203 Å². The number of hydrogen-bond acceptors (Lipinski definition) is 4. The van der Waals surface area contributed by atoms with E-state index in [0.29, 0.717) is 12.1 Å². The van der Waals surface area contributed by atoms with Gasteiger partial charge < -0.3 is 10.2 Å². The Hall–Kier alpha value is -2.87. The van der Waals surface area contributed by atoms with Gasteiger partial charge >= 0.3 is 0 Å². The number of rotatable bonds is 10. The Bertz CT molecular complexity index is 1080. The van der Waals surface area contributed by atoms with Gasteiger partial charge in [0.2, 0.25) is 21.8 Å². The molecule has 0 radical (unpaired) electrons. The molecule has 2 aromatic rings. The van der Waals surface area contributed by atoms with Crippen molar-refractivity contribution in [1.82, 2.24) is 10.2 Å². The minimum Gasteiger partial charge on any atom is -0.352 e. The van der Waals surface area contributed by atoms with Crippen molar-refractivity contribution in [1.29, 1.82) is 0 Å². The summed E-state index contributed by atoms with van der Waals surface area (Å²) in [5, 5.41) is 3.12. The largest absolute Gasteiger partial charge is 0.352 e. The van der Waals surface area contributed by atoms with Gasteiger partial charge in [0.05, 0.1) is 11.9 Å². The lowest BCUT2D eigenvalue weighted by Gasteiger charge is -2.33. The van der Waals surface area contributed by atoms with E-state index in [-0.39, 0.29) is 25.0 Å². The highest BCUT2D eigenvalue weighted by molar-refractivity contribution is 7.92. The molecule has 0 saturated heterocycles. The number of anilines is 1. The van der Waals surface area contributed by atoms with E-state index in [0.717, 1.165) is 47.4 Å². The molecule has 0 aromatic heterocycles. The van der Waals surface area contributed by atoms with E-state index in [1.807, 2.05) is 38.1 Å². The Morgan fingerprint density at radius 1 is 1.03 bits per heavy atom. The number of para-hydroxylation sites is 1. The number of nitrogens with one attached hydrogen (secondary N) is 1. The zero-order valence-corrected chi connectivity index (χ0v) is 21.1. The second-order valence-corrected chi connectivity index (χ2v) is 10.9. The highest BCUT2D eigenvalue weighted by Crippen LogP contribution is 2.22. The lowest BCUT2D eigenvalue weighted by atomic mass is 10.1. The zero-order valence-electron chi connectivity index (χ0n) is 20.2. The summed E-state index contributed by atoms with van der Waals surface area (Å²) in [7, 11) is -3.71. The number of carbonyl (C=O) groups is 2. The summed E-state index contributed by atoms with van der Waals surface area (Å²) >= 11 is 0. The molecule has 184 valence electrons. The molecule has 3 rings (SSSR count). The Kier molecular flexibility index (Phi) is 8.72. The fourth-order valence-electron chi connectivity index (χ4n) is 4.47. The third-order valence-electron chi connectivity index (χ3n) is 6.41. The Balaban J connectivity index is 1.91. The van der Waals surface area contributed by atoms with E-state index in [4.69, 9.17) is 0 Å². The van der Waals surface area contributed by atoms with Crippen molar-refractivity contribution in [2.24, 2.45) is 0 Å². The normalized spacial score (nSPS) is 15.0. The minimum atomic E-state index is -3.71. The SMILES string of the molecule is CC[C@H](C(=O)NC1CCCC1)N(Cc1ccccc1C)C(=O)CN(c1ccccc1)S(C)(=O)=O. The van der Waals surface area contributed by atoms with Crippen molar-refractivity contribution in [3.05, 3.63) is 65.7 Å². The smallest absolute Gasteiger partial charge is 0.244 e. The molecule has 1 atom stereocenters. The van der Waals surface area contributed by atoms with Crippen LogP contribution in [-0.2, 0) is 26.2 Å². The molecule has 1 aliphatic rings. The minimum absolute atomic E-state index is 0.133. The van der Waals surface area contributed by atoms with Crippen LogP contribution in [0.2, 0.25) is 0 Å². The monoisotopic (exact) mass is 485 g/mol. The average molecular weight is 486 g/mol. The van der Waals surface area contributed by atoms with Crippen LogP contribution >= 0.6 is 0 Å². The number of carbonyl (C=O) groups excluding carboxylic acids is 2. The third-order valence-corrected chi connectivity index (χ3v) is 7.55. The van der Waals surface area contributed by atoms with Crippen molar-refractivity contribution in [2.75, 3.05) is 17.1 Å². The van der Waals surface area contributed by atoms with Crippen LogP contribution in [0.5, 0.6) is 0 Å². The molecule has 0 bridgehead atoms. The number of aryl methyl sites for hydroxylation is 1. The van der Waals surface area contributed by atoms with Gasteiger partial charge in [0.15, 0.2) is 0 Å². The van der Waals surface area contributed by atoms with E-state index in [1.54, 1.807) is 30.3 Å². The summed E-state index contributed by atoms with van der Waals surface area (Å²) in [5.74, 6) is -0.590. The van der Waals surface area contributed by atoms with Gasteiger partial charge in [-0.25, -0.2) is 8.42 Å². The summed E-state index contributed by atoms with van der Waals surface area (Å²) in [5.41, 5.74) is 2.35. The molecule has 8 heteroatoms. The van der Waals surface area contributed by atoms with E-state index in [2.05, 4.69) is 5.32 Å². The third kappa shape index (κ3) is 6.59. The van der Waals surface area contributed by atoms with Crippen LogP contribution in [0.4, 0.5) is 5.69 Å². The number of benzene rings is 2. The molecular weight excluding hydrogens is 450 g/mol. The predicted molar refractivity (Wildman–Crippen MR) is 135 cm³/mol. The van der Waals surface area contributed by atoms with Crippen molar-refractivity contribution in [3.8, 4) is 0 Å². The molecule has 0 unspecified atom stereocenters. The Morgan fingerprint density at radius 2 is 1.65 bits per heavy atom. The van der Waals surface area contributed by atoms with Crippen molar-refractivity contribution >= 4 is 27.5 Å². The topological polar surface area (TPSA) is 86.8 Å². The summed E-state index contributed by atoms with van der Waals surface area (Å²) < 4.78 is 26.3. The molecule has 0 aliphatic heterocycles. The molecule has 34 heavy (non-hydrogen) atoms.